The number of rotatable bonds is 7. The molecule has 3 amide bonds. The van der Waals surface area contributed by atoms with Crippen LogP contribution in [0.15, 0.2) is 66.0 Å². The number of amides is 3. The Balaban J connectivity index is 1.37. The number of phenolic OH excluding ortho intramolecular Hbond substituents is 1. The lowest BCUT2D eigenvalue weighted by molar-refractivity contribution is -0.138. The highest BCUT2D eigenvalue weighted by Crippen LogP contribution is 2.32. The standard InChI is InChI=1S/C29H30N4O5S/c1-31(2)20-9-7-19(8-10-20)27(36)30-22(16-18-5-11-21(34)12-6-18)28(37)32-14-13-23-26(32)24(35)17-33(23)29(38)25-4-3-15-39-25/h3-12,15,22-23,26,34H,13-14,16-17H2,1-2H3,(H,30,36)/t22-,23?,26?/m0/s1. The molecule has 5 rings (SSSR count). The van der Waals surface area contributed by atoms with Crippen LogP contribution in [0.1, 0.15) is 32.0 Å². The number of hydrogen-bond acceptors (Lipinski definition) is 7. The van der Waals surface area contributed by atoms with E-state index in [1.165, 1.54) is 28.4 Å². The van der Waals surface area contributed by atoms with E-state index in [0.29, 0.717) is 23.4 Å². The molecule has 2 aromatic carbocycles. The summed E-state index contributed by atoms with van der Waals surface area (Å²) in [6, 6.07) is 15.0. The first kappa shape index (κ1) is 26.4. The van der Waals surface area contributed by atoms with Crippen molar-refractivity contribution in [2.75, 3.05) is 32.1 Å². The molecule has 0 bridgehead atoms. The predicted octanol–water partition coefficient (Wildman–Crippen LogP) is 2.56. The Hall–Kier alpha value is -4.18. The van der Waals surface area contributed by atoms with Gasteiger partial charge in [-0.3, -0.25) is 19.2 Å². The average Bonchev–Trinajstić information content (AvgIpc) is 3.68. The maximum absolute atomic E-state index is 13.9. The number of anilines is 1. The summed E-state index contributed by atoms with van der Waals surface area (Å²) in [7, 11) is 3.81. The maximum Gasteiger partial charge on any atom is 0.264 e. The Bertz CT molecular complexity index is 1370. The maximum atomic E-state index is 13.9. The molecule has 3 atom stereocenters. The van der Waals surface area contributed by atoms with Crippen molar-refractivity contribution < 1.29 is 24.3 Å². The molecule has 3 heterocycles. The van der Waals surface area contributed by atoms with Crippen LogP contribution in [0.5, 0.6) is 5.75 Å². The first-order valence-electron chi connectivity index (χ1n) is 12.8. The molecule has 2 fully saturated rings. The highest BCUT2D eigenvalue weighted by molar-refractivity contribution is 7.12. The van der Waals surface area contributed by atoms with Gasteiger partial charge in [0, 0.05) is 38.3 Å². The van der Waals surface area contributed by atoms with Gasteiger partial charge in [0.2, 0.25) is 5.91 Å². The monoisotopic (exact) mass is 546 g/mol. The second-order valence-corrected chi connectivity index (χ2v) is 11.0. The van der Waals surface area contributed by atoms with Crippen LogP contribution in [0, 0.1) is 0 Å². The molecule has 0 aliphatic carbocycles. The lowest BCUT2D eigenvalue weighted by atomic mass is 10.0. The minimum atomic E-state index is -0.941. The average molecular weight is 547 g/mol. The van der Waals surface area contributed by atoms with E-state index in [1.54, 1.807) is 41.3 Å². The fourth-order valence-corrected chi connectivity index (χ4v) is 5.98. The van der Waals surface area contributed by atoms with Crippen molar-refractivity contribution >= 4 is 40.5 Å². The molecule has 2 N–H and O–H groups in total. The molecule has 10 heteroatoms. The van der Waals surface area contributed by atoms with Crippen molar-refractivity contribution in [2.24, 2.45) is 0 Å². The van der Waals surface area contributed by atoms with E-state index in [1.807, 2.05) is 36.5 Å². The van der Waals surface area contributed by atoms with Crippen LogP contribution in [0.4, 0.5) is 5.69 Å². The number of nitrogens with zero attached hydrogens (tertiary/aromatic N) is 3. The number of carbonyl (C=O) groups excluding carboxylic acids is 4. The van der Waals surface area contributed by atoms with Crippen LogP contribution in [-0.4, -0.2) is 83.7 Å². The van der Waals surface area contributed by atoms with Gasteiger partial charge in [-0.25, -0.2) is 0 Å². The number of nitrogens with one attached hydrogen (secondary N) is 1. The molecule has 0 saturated carbocycles. The number of Topliss-reactive ketones (excluding diaryl/α,β-unsaturated/α-hetero) is 1. The van der Waals surface area contributed by atoms with Gasteiger partial charge in [-0.05, 0) is 59.8 Å². The molecular weight excluding hydrogens is 516 g/mol. The van der Waals surface area contributed by atoms with Gasteiger partial charge in [-0.2, -0.15) is 0 Å². The van der Waals surface area contributed by atoms with Crippen molar-refractivity contribution in [1.29, 1.82) is 0 Å². The van der Waals surface area contributed by atoms with Crippen molar-refractivity contribution in [1.82, 2.24) is 15.1 Å². The molecule has 0 radical (unpaired) electrons. The largest absolute Gasteiger partial charge is 0.508 e. The molecule has 2 unspecified atom stereocenters. The number of thiophene rings is 1. The van der Waals surface area contributed by atoms with E-state index >= 15 is 0 Å². The molecule has 9 nitrogen and oxygen atoms in total. The molecule has 39 heavy (non-hydrogen) atoms. The predicted molar refractivity (Wildman–Crippen MR) is 148 cm³/mol. The number of fused-ring (bicyclic) bond motifs is 1. The number of benzene rings is 2. The zero-order valence-corrected chi connectivity index (χ0v) is 22.6. The van der Waals surface area contributed by atoms with Crippen LogP contribution in [0.25, 0.3) is 0 Å². The lowest BCUT2D eigenvalue weighted by Crippen LogP contribution is -2.53. The summed E-state index contributed by atoms with van der Waals surface area (Å²) in [5, 5.41) is 14.4. The van der Waals surface area contributed by atoms with Gasteiger partial charge >= 0.3 is 0 Å². The van der Waals surface area contributed by atoms with Gasteiger partial charge in [0.1, 0.15) is 17.8 Å². The molecule has 3 aromatic rings. The van der Waals surface area contributed by atoms with Gasteiger partial charge in [-0.1, -0.05) is 18.2 Å². The van der Waals surface area contributed by atoms with E-state index in [9.17, 15) is 24.3 Å². The Morgan fingerprint density at radius 2 is 1.77 bits per heavy atom. The van der Waals surface area contributed by atoms with E-state index in [0.717, 1.165) is 11.3 Å². The van der Waals surface area contributed by atoms with Gasteiger partial charge in [-0.15, -0.1) is 11.3 Å². The van der Waals surface area contributed by atoms with E-state index in [2.05, 4.69) is 5.32 Å². The van der Waals surface area contributed by atoms with Gasteiger partial charge in [0.25, 0.3) is 11.8 Å². The molecular formula is C29H30N4O5S. The SMILES string of the molecule is CN(C)c1ccc(C(=O)N[C@@H](Cc2ccc(O)cc2)C(=O)N2CCC3C2C(=O)CN3C(=O)c2cccs2)cc1. The van der Waals surface area contributed by atoms with E-state index < -0.39 is 18.0 Å². The number of likely N-dealkylation sites (tertiary alicyclic amines) is 2. The van der Waals surface area contributed by atoms with Crippen molar-refractivity contribution in [2.45, 2.75) is 31.0 Å². The van der Waals surface area contributed by atoms with Gasteiger partial charge in [0.05, 0.1) is 17.5 Å². The smallest absolute Gasteiger partial charge is 0.264 e. The van der Waals surface area contributed by atoms with Gasteiger partial charge < -0.3 is 25.1 Å². The van der Waals surface area contributed by atoms with Crippen LogP contribution in [-0.2, 0) is 16.0 Å². The summed E-state index contributed by atoms with van der Waals surface area (Å²) in [6.45, 7) is 0.274. The third-order valence-electron chi connectivity index (χ3n) is 7.32. The summed E-state index contributed by atoms with van der Waals surface area (Å²) < 4.78 is 0. The first-order chi connectivity index (χ1) is 18.7. The molecule has 1 aromatic heterocycles. The first-order valence-corrected chi connectivity index (χ1v) is 13.6. The van der Waals surface area contributed by atoms with Crippen LogP contribution < -0.4 is 10.2 Å². The Morgan fingerprint density at radius 3 is 2.41 bits per heavy atom. The van der Waals surface area contributed by atoms with Crippen molar-refractivity contribution in [3.8, 4) is 5.75 Å². The second-order valence-electron chi connectivity index (χ2n) is 10.0. The number of carbonyl (C=O) groups is 4. The molecule has 2 aliphatic heterocycles. The molecule has 0 spiro atoms. The highest BCUT2D eigenvalue weighted by Gasteiger charge is 2.52. The molecule has 2 aliphatic rings. The third-order valence-corrected chi connectivity index (χ3v) is 8.18. The normalized spacial score (nSPS) is 19.1. The van der Waals surface area contributed by atoms with Crippen LogP contribution in [0.2, 0.25) is 0 Å². The van der Waals surface area contributed by atoms with E-state index in [4.69, 9.17) is 0 Å². The fraction of sp³-hybridized carbons (Fsp3) is 0.310. The minimum absolute atomic E-state index is 0.0386. The summed E-state index contributed by atoms with van der Waals surface area (Å²) in [6.07, 6.45) is 0.672. The number of aromatic hydroxyl groups is 1. The van der Waals surface area contributed by atoms with E-state index in [-0.39, 0.29) is 42.4 Å². The quantitative estimate of drug-likeness (QED) is 0.472. The van der Waals surface area contributed by atoms with Crippen molar-refractivity contribution in [3.05, 3.63) is 82.0 Å². The molecule has 2 saturated heterocycles. The lowest BCUT2D eigenvalue weighted by Gasteiger charge is -2.28. The van der Waals surface area contributed by atoms with Crippen LogP contribution in [0.3, 0.4) is 0 Å². The van der Waals surface area contributed by atoms with Gasteiger partial charge in [0.15, 0.2) is 5.78 Å². The number of ketones is 1. The Labute approximate surface area is 230 Å². The fourth-order valence-electron chi connectivity index (χ4n) is 5.30. The zero-order valence-electron chi connectivity index (χ0n) is 21.7. The van der Waals surface area contributed by atoms with Crippen molar-refractivity contribution in [3.63, 3.8) is 0 Å². The topological polar surface area (TPSA) is 110 Å². The summed E-state index contributed by atoms with van der Waals surface area (Å²) in [5.41, 5.74) is 2.10. The summed E-state index contributed by atoms with van der Waals surface area (Å²) in [4.78, 5) is 58.9. The minimum Gasteiger partial charge on any atom is -0.508 e. The third kappa shape index (κ3) is 5.37. The Kier molecular flexibility index (Phi) is 7.38. The number of hydrogen-bond donors (Lipinski definition) is 2. The zero-order chi connectivity index (χ0) is 27.7. The summed E-state index contributed by atoms with van der Waals surface area (Å²) >= 11 is 1.32. The highest BCUT2D eigenvalue weighted by atomic mass is 32.1. The number of phenols is 1. The second kappa shape index (κ2) is 10.9. The summed E-state index contributed by atoms with van der Waals surface area (Å²) in [5.74, 6) is -1.05. The van der Waals surface area contributed by atoms with Crippen LogP contribution >= 0.6 is 11.3 Å². The Morgan fingerprint density at radius 1 is 1.05 bits per heavy atom. The molecule has 202 valence electrons.